The van der Waals surface area contributed by atoms with Crippen LogP contribution in [0.3, 0.4) is 0 Å². The van der Waals surface area contributed by atoms with Crippen molar-refractivity contribution in [3.63, 3.8) is 0 Å². The Bertz CT molecular complexity index is 1300. The lowest BCUT2D eigenvalue weighted by Gasteiger charge is -2.20. The molecule has 1 aliphatic carbocycles. The zero-order valence-corrected chi connectivity index (χ0v) is 21.0. The maximum Gasteiger partial charge on any atom is 0.475 e. The molecule has 0 radical (unpaired) electrons. The van der Waals surface area contributed by atoms with E-state index >= 15 is 0 Å². The third kappa shape index (κ3) is 7.98. The molecule has 37 heavy (non-hydrogen) atoms. The number of carbonyl (C=O) groups is 1. The van der Waals surface area contributed by atoms with Crippen molar-refractivity contribution in [3.8, 4) is 0 Å². The largest absolute Gasteiger partial charge is 0.475 e. The van der Waals surface area contributed by atoms with Crippen LogP contribution in [-0.2, 0) is 21.2 Å². The second-order valence-corrected chi connectivity index (χ2v) is 10.8. The molecule has 2 atom stereocenters. The third-order valence-electron chi connectivity index (χ3n) is 6.11. The van der Waals surface area contributed by atoms with Crippen molar-refractivity contribution < 1.29 is 23.3 Å². The quantitative estimate of drug-likeness (QED) is 0.213. The highest BCUT2D eigenvalue weighted by molar-refractivity contribution is 7.90. The molecular weight excluding hydrogens is 491 g/mol. The van der Waals surface area contributed by atoms with Gasteiger partial charge in [-0.2, -0.15) is 12.8 Å². The average Bonchev–Trinajstić information content (AvgIpc) is 3.72. The van der Waals surface area contributed by atoms with Gasteiger partial charge in [-0.3, -0.25) is 9.78 Å². The number of carbonyl (C=O) groups excluding carboxylic acids is 1. The van der Waals surface area contributed by atoms with Crippen LogP contribution in [0.5, 0.6) is 0 Å². The number of anilines is 2. The van der Waals surface area contributed by atoms with Gasteiger partial charge in [0.25, 0.3) is 10.0 Å². The van der Waals surface area contributed by atoms with Crippen LogP contribution in [0.15, 0.2) is 88.4 Å². The van der Waals surface area contributed by atoms with Crippen molar-refractivity contribution in [2.45, 2.75) is 36.5 Å². The molecule has 1 aromatic heterocycles. The monoisotopic (exact) mass is 520 g/mol. The Morgan fingerprint density at radius 1 is 1.03 bits per heavy atom. The molecule has 4 N–H and O–H groups in total. The van der Waals surface area contributed by atoms with E-state index in [4.69, 9.17) is 0 Å². The Labute approximate surface area is 216 Å². The van der Waals surface area contributed by atoms with Crippen LogP contribution in [-0.4, -0.2) is 48.6 Å². The molecule has 192 valence electrons. The summed E-state index contributed by atoms with van der Waals surface area (Å²) in [5, 5.41) is 25.3. The predicted octanol–water partition coefficient (Wildman–Crippen LogP) is 2.74. The standard InChI is InChI=1S/C26H29BN4O5S/c32-26(31-25(27(33)34)17-20-6-7-20)21(16-19-4-2-1-3-5-19)18-29-37(35,36)24-10-8-22(9-11-24)30-23-12-14-28-15-13-23/h1-5,8-15,18,20-21,25,33-34H,6-7,16-17H2,(H,28,30)(H,31,32)/b29-18-/t21?,25-/m0/s1. The molecule has 1 unspecified atom stereocenters. The first-order valence-corrected chi connectivity index (χ1v) is 13.5. The molecule has 2 aromatic carbocycles. The van der Waals surface area contributed by atoms with E-state index in [1.807, 2.05) is 30.3 Å². The summed E-state index contributed by atoms with van der Waals surface area (Å²) in [5.41, 5.74) is 2.33. The number of rotatable bonds is 12. The van der Waals surface area contributed by atoms with Crippen LogP contribution >= 0.6 is 0 Å². The topological polar surface area (TPSA) is 141 Å². The Morgan fingerprint density at radius 2 is 1.68 bits per heavy atom. The van der Waals surface area contributed by atoms with Crippen LogP contribution in [0.4, 0.5) is 11.4 Å². The van der Waals surface area contributed by atoms with Crippen LogP contribution in [0.1, 0.15) is 24.8 Å². The summed E-state index contributed by atoms with van der Waals surface area (Å²) in [6.45, 7) is 0. The Morgan fingerprint density at radius 3 is 2.30 bits per heavy atom. The summed E-state index contributed by atoms with van der Waals surface area (Å²) in [5.74, 6) is -1.92. The van der Waals surface area contributed by atoms with Crippen molar-refractivity contribution in [1.82, 2.24) is 10.3 Å². The number of pyridine rings is 1. The summed E-state index contributed by atoms with van der Waals surface area (Å²) in [4.78, 5) is 17.0. The second-order valence-electron chi connectivity index (χ2n) is 9.12. The fourth-order valence-corrected chi connectivity index (χ4v) is 4.77. The number of aromatic nitrogens is 1. The van der Waals surface area contributed by atoms with Gasteiger partial charge in [0.05, 0.1) is 16.8 Å². The fourth-order valence-electron chi connectivity index (χ4n) is 3.87. The van der Waals surface area contributed by atoms with Crippen LogP contribution in [0.2, 0.25) is 0 Å². The highest BCUT2D eigenvalue weighted by Crippen LogP contribution is 2.33. The first-order chi connectivity index (χ1) is 17.8. The lowest BCUT2D eigenvalue weighted by Crippen LogP contribution is -2.49. The van der Waals surface area contributed by atoms with E-state index in [1.54, 1.807) is 36.7 Å². The number of nitrogens with zero attached hydrogens (tertiary/aromatic N) is 2. The van der Waals surface area contributed by atoms with Gasteiger partial charge >= 0.3 is 7.12 Å². The number of benzene rings is 2. The van der Waals surface area contributed by atoms with Crippen molar-refractivity contribution in [3.05, 3.63) is 84.7 Å². The number of hydrogen-bond donors (Lipinski definition) is 4. The van der Waals surface area contributed by atoms with Gasteiger partial charge in [0.2, 0.25) is 5.91 Å². The number of nitrogens with one attached hydrogen (secondary N) is 2. The number of sulfonamides is 1. The molecule has 0 saturated heterocycles. The zero-order chi connectivity index (χ0) is 26.3. The van der Waals surface area contributed by atoms with Crippen molar-refractivity contribution in [1.29, 1.82) is 0 Å². The maximum atomic E-state index is 13.1. The number of amides is 1. The molecule has 0 bridgehead atoms. The van der Waals surface area contributed by atoms with Gasteiger partial charge in [-0.25, -0.2) is 0 Å². The normalized spacial score (nSPS) is 15.2. The summed E-state index contributed by atoms with van der Waals surface area (Å²) < 4.78 is 29.7. The van der Waals surface area contributed by atoms with Gasteiger partial charge < -0.3 is 20.7 Å². The Hall–Kier alpha value is -3.54. The molecule has 4 rings (SSSR count). The van der Waals surface area contributed by atoms with Crippen molar-refractivity contribution in [2.24, 2.45) is 16.2 Å². The molecule has 1 saturated carbocycles. The molecule has 9 nitrogen and oxygen atoms in total. The van der Waals surface area contributed by atoms with E-state index in [9.17, 15) is 23.3 Å². The molecule has 1 heterocycles. The molecule has 11 heteroatoms. The lowest BCUT2D eigenvalue weighted by molar-refractivity contribution is -0.123. The van der Waals surface area contributed by atoms with E-state index in [2.05, 4.69) is 20.0 Å². The molecule has 1 aliphatic rings. The second kappa shape index (κ2) is 12.1. The first-order valence-electron chi connectivity index (χ1n) is 12.1. The minimum absolute atomic E-state index is 0.0136. The zero-order valence-electron chi connectivity index (χ0n) is 20.1. The molecule has 0 aliphatic heterocycles. The van der Waals surface area contributed by atoms with E-state index in [0.717, 1.165) is 30.3 Å². The van der Waals surface area contributed by atoms with Crippen LogP contribution in [0, 0.1) is 11.8 Å². The smallest absolute Gasteiger partial charge is 0.426 e. The minimum Gasteiger partial charge on any atom is -0.426 e. The van der Waals surface area contributed by atoms with E-state index in [0.29, 0.717) is 18.0 Å². The maximum absolute atomic E-state index is 13.1. The van der Waals surface area contributed by atoms with Crippen LogP contribution in [0.25, 0.3) is 0 Å². The van der Waals surface area contributed by atoms with Gasteiger partial charge in [0, 0.05) is 30.0 Å². The lowest BCUT2D eigenvalue weighted by atomic mass is 9.76. The Kier molecular flexibility index (Phi) is 8.70. The van der Waals surface area contributed by atoms with Crippen molar-refractivity contribution in [2.75, 3.05) is 5.32 Å². The van der Waals surface area contributed by atoms with Gasteiger partial charge in [0.15, 0.2) is 0 Å². The average molecular weight is 520 g/mol. The van der Waals surface area contributed by atoms with E-state index in [-0.39, 0.29) is 11.3 Å². The Balaban J connectivity index is 1.49. The molecule has 1 amide bonds. The highest BCUT2D eigenvalue weighted by Gasteiger charge is 2.34. The van der Waals surface area contributed by atoms with E-state index in [1.165, 1.54) is 12.1 Å². The van der Waals surface area contributed by atoms with Gasteiger partial charge in [-0.15, -0.1) is 0 Å². The third-order valence-corrected chi connectivity index (χ3v) is 7.37. The highest BCUT2D eigenvalue weighted by atomic mass is 32.2. The summed E-state index contributed by atoms with van der Waals surface area (Å²) in [6, 6.07) is 18.9. The predicted molar refractivity (Wildman–Crippen MR) is 143 cm³/mol. The first kappa shape index (κ1) is 26.5. The molecular formula is C26H29BN4O5S. The molecule has 0 spiro atoms. The summed E-state index contributed by atoms with van der Waals surface area (Å²) in [6.07, 6.45) is 7.06. The minimum atomic E-state index is -4.07. The van der Waals surface area contributed by atoms with Gasteiger partial charge in [0.1, 0.15) is 0 Å². The van der Waals surface area contributed by atoms with Crippen LogP contribution < -0.4 is 10.6 Å². The number of hydrogen-bond acceptors (Lipinski definition) is 7. The molecule has 1 fully saturated rings. The summed E-state index contributed by atoms with van der Waals surface area (Å²) >= 11 is 0. The van der Waals surface area contributed by atoms with Gasteiger partial charge in [-0.05, 0) is 60.7 Å². The van der Waals surface area contributed by atoms with E-state index < -0.39 is 34.9 Å². The SMILES string of the molecule is O=C(N[C@@H](CC1CC1)B(O)O)C(/C=N\S(=O)(=O)c1ccc(Nc2ccncc2)cc1)Cc1ccccc1. The molecule has 3 aromatic rings. The van der Waals surface area contributed by atoms with Crippen molar-refractivity contribution >= 4 is 40.6 Å². The summed E-state index contributed by atoms with van der Waals surface area (Å²) in [7, 11) is -5.78. The fraction of sp³-hybridized carbons (Fsp3) is 0.269. The van der Waals surface area contributed by atoms with Gasteiger partial charge in [-0.1, -0.05) is 43.2 Å².